The van der Waals surface area contributed by atoms with Gasteiger partial charge in [0.15, 0.2) is 0 Å². The molecule has 1 saturated carbocycles. The number of benzene rings is 1. The summed E-state index contributed by atoms with van der Waals surface area (Å²) in [5, 5.41) is 16.6. The number of rotatable bonds is 8. The smallest absolute Gasteiger partial charge is 0.139 e. The van der Waals surface area contributed by atoms with Gasteiger partial charge in [-0.05, 0) is 31.2 Å². The molecule has 1 aliphatic rings. The third-order valence-corrected chi connectivity index (χ3v) is 5.37. The van der Waals surface area contributed by atoms with E-state index in [2.05, 4.69) is 32.8 Å². The fourth-order valence-electron chi connectivity index (χ4n) is 2.94. The lowest BCUT2D eigenvalue weighted by Crippen LogP contribution is -2.25. The third kappa shape index (κ3) is 4.03. The molecule has 6 heteroatoms. The molecule has 1 aromatic carbocycles. The molecule has 1 fully saturated rings. The minimum absolute atomic E-state index is 0.353. The summed E-state index contributed by atoms with van der Waals surface area (Å²) in [6.07, 6.45) is 1.96. The van der Waals surface area contributed by atoms with Gasteiger partial charge in [-0.15, -0.1) is 11.3 Å². The predicted molar refractivity (Wildman–Crippen MR) is 106 cm³/mol. The van der Waals surface area contributed by atoms with Gasteiger partial charge in [0.2, 0.25) is 0 Å². The van der Waals surface area contributed by atoms with Crippen molar-refractivity contribution in [1.29, 1.82) is 0 Å². The zero-order valence-corrected chi connectivity index (χ0v) is 15.6. The van der Waals surface area contributed by atoms with Gasteiger partial charge in [0.05, 0.1) is 18.1 Å². The van der Waals surface area contributed by atoms with Gasteiger partial charge >= 0.3 is 0 Å². The lowest BCUT2D eigenvalue weighted by molar-refractivity contribution is 0.0386. The van der Waals surface area contributed by atoms with E-state index in [0.717, 1.165) is 39.6 Å². The quantitative estimate of drug-likeness (QED) is 0.631. The molecule has 0 spiro atoms. The summed E-state index contributed by atoms with van der Waals surface area (Å²) in [6, 6.07) is 10.2. The fourth-order valence-corrected chi connectivity index (χ4v) is 3.93. The van der Waals surface area contributed by atoms with E-state index in [0.29, 0.717) is 19.1 Å². The first-order chi connectivity index (χ1) is 12.7. The molecule has 4 rings (SSSR count). The van der Waals surface area contributed by atoms with Crippen molar-refractivity contribution in [2.45, 2.75) is 25.9 Å². The van der Waals surface area contributed by atoms with Crippen LogP contribution in [0.3, 0.4) is 0 Å². The number of nitrogens with zero attached hydrogens (tertiary/aromatic N) is 2. The van der Waals surface area contributed by atoms with Crippen LogP contribution in [0.4, 0.5) is 5.82 Å². The van der Waals surface area contributed by atoms with Crippen LogP contribution in [0, 0.1) is 12.8 Å². The Balaban J connectivity index is 1.52. The second kappa shape index (κ2) is 7.70. The van der Waals surface area contributed by atoms with Crippen molar-refractivity contribution < 1.29 is 9.84 Å². The van der Waals surface area contributed by atoms with Gasteiger partial charge in [0.25, 0.3) is 0 Å². The summed E-state index contributed by atoms with van der Waals surface area (Å²) in [7, 11) is 0. The number of thiophene rings is 1. The number of nitrogens with one attached hydrogen (secondary N) is 1. The van der Waals surface area contributed by atoms with Crippen LogP contribution in [0.25, 0.3) is 21.3 Å². The number of anilines is 1. The van der Waals surface area contributed by atoms with Crippen LogP contribution in [-0.2, 0) is 4.74 Å². The van der Waals surface area contributed by atoms with Gasteiger partial charge in [-0.3, -0.25) is 0 Å². The Morgan fingerprint density at radius 3 is 2.85 bits per heavy atom. The summed E-state index contributed by atoms with van der Waals surface area (Å²) < 4.78 is 5.58. The molecule has 2 N–H and O–H groups in total. The molecule has 26 heavy (non-hydrogen) atoms. The highest BCUT2D eigenvalue weighted by molar-refractivity contribution is 7.17. The Morgan fingerprint density at radius 2 is 2.08 bits per heavy atom. The first kappa shape index (κ1) is 17.4. The molecule has 1 unspecified atom stereocenters. The average Bonchev–Trinajstić information content (AvgIpc) is 3.37. The second-order valence-corrected chi connectivity index (χ2v) is 7.69. The summed E-state index contributed by atoms with van der Waals surface area (Å²) >= 11 is 1.62. The normalized spacial score (nSPS) is 15.3. The van der Waals surface area contributed by atoms with Crippen LogP contribution < -0.4 is 5.32 Å². The first-order valence-electron chi connectivity index (χ1n) is 9.01. The molecule has 0 bridgehead atoms. The lowest BCUT2D eigenvalue weighted by atomic mass is 10.1. The zero-order valence-electron chi connectivity index (χ0n) is 14.8. The molecular weight excluding hydrogens is 346 g/mol. The van der Waals surface area contributed by atoms with Crippen LogP contribution in [0.2, 0.25) is 0 Å². The Bertz CT molecular complexity index is 877. The van der Waals surface area contributed by atoms with Gasteiger partial charge in [-0.2, -0.15) is 0 Å². The van der Waals surface area contributed by atoms with Crippen molar-refractivity contribution in [1.82, 2.24) is 9.97 Å². The molecule has 2 aromatic heterocycles. The number of aliphatic hydroxyl groups excluding tert-OH is 1. The van der Waals surface area contributed by atoms with E-state index in [9.17, 15) is 5.11 Å². The van der Waals surface area contributed by atoms with Gasteiger partial charge < -0.3 is 15.2 Å². The lowest BCUT2D eigenvalue weighted by Gasteiger charge is -2.14. The van der Waals surface area contributed by atoms with Crippen molar-refractivity contribution in [3.05, 3.63) is 41.5 Å². The Labute approximate surface area is 157 Å². The predicted octanol–water partition coefficient (Wildman–Crippen LogP) is 3.87. The molecule has 1 atom stereocenters. The summed E-state index contributed by atoms with van der Waals surface area (Å²) in [5.41, 5.74) is 2.26. The molecule has 0 amide bonds. The van der Waals surface area contributed by atoms with Gasteiger partial charge in [-0.1, -0.05) is 30.3 Å². The van der Waals surface area contributed by atoms with E-state index in [1.54, 1.807) is 11.3 Å². The number of fused-ring (bicyclic) bond motifs is 1. The van der Waals surface area contributed by atoms with E-state index in [1.807, 2.05) is 25.1 Å². The molecule has 136 valence electrons. The largest absolute Gasteiger partial charge is 0.389 e. The van der Waals surface area contributed by atoms with Crippen molar-refractivity contribution in [3.63, 3.8) is 0 Å². The molecule has 3 aromatic rings. The Kier molecular flexibility index (Phi) is 5.15. The van der Waals surface area contributed by atoms with E-state index in [-0.39, 0.29) is 0 Å². The Morgan fingerprint density at radius 1 is 1.27 bits per heavy atom. The molecule has 2 heterocycles. The second-order valence-electron chi connectivity index (χ2n) is 6.83. The minimum Gasteiger partial charge on any atom is -0.389 e. The Hall–Kier alpha value is -2.02. The van der Waals surface area contributed by atoms with E-state index in [4.69, 9.17) is 4.74 Å². The standard InChI is InChI=1S/C20H23N3O2S/c1-13-22-19(21-9-16(24)11-25-10-14-7-8-14)18-17(12-26-20(18)23-13)15-5-3-2-4-6-15/h2-6,12,14,16,24H,7-11H2,1H3,(H,21,22,23). The molecule has 0 aliphatic heterocycles. The van der Waals surface area contributed by atoms with Crippen LogP contribution in [0.15, 0.2) is 35.7 Å². The monoisotopic (exact) mass is 369 g/mol. The van der Waals surface area contributed by atoms with Crippen molar-refractivity contribution in [2.24, 2.45) is 5.92 Å². The number of hydrogen-bond donors (Lipinski definition) is 2. The van der Waals surface area contributed by atoms with Gasteiger partial charge in [-0.25, -0.2) is 9.97 Å². The summed E-state index contributed by atoms with van der Waals surface area (Å²) in [5.74, 6) is 2.20. The highest BCUT2D eigenvalue weighted by Gasteiger charge is 2.21. The fraction of sp³-hybridized carbons (Fsp3) is 0.400. The van der Waals surface area contributed by atoms with Crippen molar-refractivity contribution in [3.8, 4) is 11.1 Å². The zero-order chi connectivity index (χ0) is 17.9. The third-order valence-electron chi connectivity index (χ3n) is 4.50. The molecule has 0 saturated heterocycles. The SMILES string of the molecule is Cc1nc(NCC(O)COCC2CC2)c2c(-c3ccccc3)csc2n1. The van der Waals surface area contributed by atoms with E-state index < -0.39 is 6.10 Å². The highest BCUT2D eigenvalue weighted by atomic mass is 32.1. The van der Waals surface area contributed by atoms with Crippen molar-refractivity contribution >= 4 is 27.4 Å². The number of aromatic nitrogens is 2. The molecular formula is C20H23N3O2S. The van der Waals surface area contributed by atoms with Crippen LogP contribution in [0.5, 0.6) is 0 Å². The highest BCUT2D eigenvalue weighted by Crippen LogP contribution is 2.36. The maximum Gasteiger partial charge on any atom is 0.139 e. The number of ether oxygens (including phenoxy) is 1. The maximum absolute atomic E-state index is 10.2. The average molecular weight is 369 g/mol. The number of hydrogen-bond acceptors (Lipinski definition) is 6. The minimum atomic E-state index is -0.558. The first-order valence-corrected chi connectivity index (χ1v) is 9.89. The van der Waals surface area contributed by atoms with Gasteiger partial charge in [0, 0.05) is 24.1 Å². The number of aliphatic hydroxyl groups is 1. The number of aryl methyl sites for hydroxylation is 1. The summed E-state index contributed by atoms with van der Waals surface area (Å²) in [4.78, 5) is 10.1. The van der Waals surface area contributed by atoms with Crippen LogP contribution in [0.1, 0.15) is 18.7 Å². The van der Waals surface area contributed by atoms with E-state index in [1.165, 1.54) is 12.8 Å². The van der Waals surface area contributed by atoms with Crippen molar-refractivity contribution in [2.75, 3.05) is 25.1 Å². The van der Waals surface area contributed by atoms with Gasteiger partial charge in [0.1, 0.15) is 16.5 Å². The molecule has 0 radical (unpaired) electrons. The topological polar surface area (TPSA) is 67.3 Å². The van der Waals surface area contributed by atoms with E-state index >= 15 is 0 Å². The van der Waals surface area contributed by atoms with Crippen LogP contribution >= 0.6 is 11.3 Å². The molecule has 5 nitrogen and oxygen atoms in total. The molecule has 1 aliphatic carbocycles. The van der Waals surface area contributed by atoms with Crippen LogP contribution in [-0.4, -0.2) is 40.9 Å². The summed E-state index contributed by atoms with van der Waals surface area (Å²) in [6.45, 7) is 3.41. The maximum atomic E-state index is 10.2.